The highest BCUT2D eigenvalue weighted by molar-refractivity contribution is 8.01. The number of nitrogens with one attached hydrogen (secondary N) is 1. The first kappa shape index (κ1) is 18.1. The predicted octanol–water partition coefficient (Wildman–Crippen LogP) is 3.47. The summed E-state index contributed by atoms with van der Waals surface area (Å²) in [5.74, 6) is 0.262. The lowest BCUT2D eigenvalue weighted by Crippen LogP contribution is -2.15. The van der Waals surface area contributed by atoms with Crippen LogP contribution in [-0.4, -0.2) is 27.6 Å². The third kappa shape index (κ3) is 4.68. The molecule has 6 nitrogen and oxygen atoms in total. The molecule has 0 spiro atoms. The van der Waals surface area contributed by atoms with Crippen molar-refractivity contribution in [2.45, 2.75) is 10.8 Å². The van der Waals surface area contributed by atoms with Gasteiger partial charge < -0.3 is 11.1 Å². The molecule has 0 bridgehead atoms. The molecule has 0 aliphatic rings. The van der Waals surface area contributed by atoms with Crippen LogP contribution in [0, 0.1) is 0 Å². The molecule has 8 heteroatoms. The van der Waals surface area contributed by atoms with E-state index in [1.807, 2.05) is 18.2 Å². The van der Waals surface area contributed by atoms with Gasteiger partial charge in [-0.1, -0.05) is 65.6 Å². The van der Waals surface area contributed by atoms with E-state index in [1.165, 1.54) is 23.1 Å². The van der Waals surface area contributed by atoms with Gasteiger partial charge in [-0.2, -0.15) is 0 Å². The average Bonchev–Trinajstić information content (AvgIpc) is 3.07. The van der Waals surface area contributed by atoms with Crippen molar-refractivity contribution in [3.8, 4) is 0 Å². The van der Waals surface area contributed by atoms with Crippen molar-refractivity contribution in [3.63, 3.8) is 0 Å². The van der Waals surface area contributed by atoms with Crippen LogP contribution in [0.2, 0.25) is 0 Å². The number of ketones is 1. The van der Waals surface area contributed by atoms with Gasteiger partial charge in [-0.15, -0.1) is 10.2 Å². The summed E-state index contributed by atoms with van der Waals surface area (Å²) in [6, 6.07) is 16.0. The average molecular weight is 384 g/mol. The van der Waals surface area contributed by atoms with Crippen LogP contribution in [0.5, 0.6) is 0 Å². The normalized spacial score (nSPS) is 10.5. The molecule has 1 amide bonds. The molecule has 0 saturated heterocycles. The van der Waals surface area contributed by atoms with Crippen LogP contribution in [-0.2, 0) is 4.79 Å². The number of anilines is 2. The van der Waals surface area contributed by atoms with Crippen LogP contribution in [0.3, 0.4) is 0 Å². The Bertz CT molecular complexity index is 912. The molecule has 0 aliphatic heterocycles. The Morgan fingerprint density at radius 1 is 1.04 bits per heavy atom. The molecule has 132 valence electrons. The first-order valence-corrected chi connectivity index (χ1v) is 9.64. The molecular weight excluding hydrogens is 368 g/mol. The van der Waals surface area contributed by atoms with E-state index in [-0.39, 0.29) is 18.1 Å². The van der Waals surface area contributed by atoms with E-state index in [1.54, 1.807) is 36.4 Å². The van der Waals surface area contributed by atoms with Gasteiger partial charge in [-0.05, 0) is 12.1 Å². The van der Waals surface area contributed by atoms with Crippen LogP contribution in [0.4, 0.5) is 10.8 Å². The van der Waals surface area contributed by atoms with Crippen molar-refractivity contribution in [1.29, 1.82) is 0 Å². The number of nitrogen functional groups attached to an aromatic ring is 1. The number of thioether (sulfide) groups is 1. The van der Waals surface area contributed by atoms with Gasteiger partial charge in [0.15, 0.2) is 10.1 Å². The van der Waals surface area contributed by atoms with E-state index < -0.39 is 0 Å². The summed E-state index contributed by atoms with van der Waals surface area (Å²) in [5.41, 5.74) is 7.09. The molecule has 3 aromatic rings. The molecule has 3 rings (SSSR count). The summed E-state index contributed by atoms with van der Waals surface area (Å²) in [7, 11) is 0. The Morgan fingerprint density at radius 3 is 2.50 bits per heavy atom. The third-order valence-electron chi connectivity index (χ3n) is 3.46. The molecule has 3 N–H and O–H groups in total. The second-order valence-electron chi connectivity index (χ2n) is 5.29. The number of carbonyl (C=O) groups excluding carboxylic acids is 2. The maximum Gasteiger partial charge on any atom is 0.225 e. The Labute approximate surface area is 158 Å². The standard InChI is InChI=1S/C18H16N4O2S2/c19-17-21-22-18(26-17)25-11-10-15(23)20-14-9-5-4-8-13(14)16(24)12-6-2-1-3-7-12/h1-9H,10-11H2,(H2,19,21)(H,20,23). The second-order valence-corrected chi connectivity index (χ2v) is 7.64. The summed E-state index contributed by atoms with van der Waals surface area (Å²) in [4.78, 5) is 24.9. The van der Waals surface area contributed by atoms with Crippen LogP contribution in [0.1, 0.15) is 22.3 Å². The van der Waals surface area contributed by atoms with E-state index in [0.717, 1.165) is 4.34 Å². The van der Waals surface area contributed by atoms with E-state index in [0.29, 0.717) is 27.7 Å². The van der Waals surface area contributed by atoms with Crippen molar-refractivity contribution in [2.75, 3.05) is 16.8 Å². The Morgan fingerprint density at radius 2 is 1.77 bits per heavy atom. The van der Waals surface area contributed by atoms with Crippen LogP contribution in [0.25, 0.3) is 0 Å². The molecule has 0 aliphatic carbocycles. The van der Waals surface area contributed by atoms with Crippen molar-refractivity contribution >= 4 is 45.6 Å². The second kappa shape index (κ2) is 8.59. The molecule has 2 aromatic carbocycles. The number of nitrogens with zero attached hydrogens (tertiary/aromatic N) is 2. The number of para-hydroxylation sites is 1. The van der Waals surface area contributed by atoms with E-state index in [4.69, 9.17) is 5.73 Å². The number of hydrogen-bond acceptors (Lipinski definition) is 7. The minimum Gasteiger partial charge on any atom is -0.374 e. The quantitative estimate of drug-likeness (QED) is 0.478. The fourth-order valence-electron chi connectivity index (χ4n) is 2.26. The highest BCUT2D eigenvalue weighted by atomic mass is 32.2. The highest BCUT2D eigenvalue weighted by Gasteiger charge is 2.14. The fraction of sp³-hybridized carbons (Fsp3) is 0.111. The van der Waals surface area contributed by atoms with Crippen LogP contribution < -0.4 is 11.1 Å². The molecular formula is C18H16N4O2S2. The van der Waals surface area contributed by atoms with Gasteiger partial charge in [-0.25, -0.2) is 0 Å². The van der Waals surface area contributed by atoms with E-state index >= 15 is 0 Å². The minimum absolute atomic E-state index is 0.125. The monoisotopic (exact) mass is 384 g/mol. The molecule has 0 radical (unpaired) electrons. The Balaban J connectivity index is 1.62. The Hall–Kier alpha value is -2.71. The molecule has 1 heterocycles. The lowest BCUT2D eigenvalue weighted by molar-refractivity contribution is -0.115. The minimum atomic E-state index is -0.164. The largest absolute Gasteiger partial charge is 0.374 e. The van der Waals surface area contributed by atoms with Crippen molar-refractivity contribution < 1.29 is 9.59 Å². The maximum atomic E-state index is 12.7. The van der Waals surface area contributed by atoms with Gasteiger partial charge in [0, 0.05) is 23.3 Å². The number of amides is 1. The summed E-state index contributed by atoms with van der Waals surface area (Å²) in [5, 5.41) is 10.9. The lowest BCUT2D eigenvalue weighted by Gasteiger charge is -2.10. The van der Waals surface area contributed by atoms with Crippen molar-refractivity contribution in [3.05, 3.63) is 65.7 Å². The number of benzene rings is 2. The molecule has 0 atom stereocenters. The fourth-order valence-corrected chi connectivity index (χ4v) is 3.90. The maximum absolute atomic E-state index is 12.7. The SMILES string of the molecule is Nc1nnc(SCCC(=O)Nc2ccccc2C(=O)c2ccccc2)s1. The van der Waals surface area contributed by atoms with Gasteiger partial charge in [0.25, 0.3) is 0 Å². The zero-order valence-electron chi connectivity index (χ0n) is 13.7. The van der Waals surface area contributed by atoms with Crippen LogP contribution in [0.15, 0.2) is 58.9 Å². The summed E-state index contributed by atoms with van der Waals surface area (Å²) in [6.07, 6.45) is 0.290. The van der Waals surface area contributed by atoms with Gasteiger partial charge >= 0.3 is 0 Å². The topological polar surface area (TPSA) is 98.0 Å². The first-order chi connectivity index (χ1) is 12.6. The summed E-state index contributed by atoms with van der Waals surface area (Å²) >= 11 is 2.71. The van der Waals surface area contributed by atoms with E-state index in [2.05, 4.69) is 15.5 Å². The number of hydrogen-bond donors (Lipinski definition) is 2. The molecule has 26 heavy (non-hydrogen) atoms. The van der Waals surface area contributed by atoms with Gasteiger partial charge in [0.2, 0.25) is 11.0 Å². The highest BCUT2D eigenvalue weighted by Crippen LogP contribution is 2.24. The molecule has 0 fully saturated rings. The van der Waals surface area contributed by atoms with Crippen molar-refractivity contribution in [1.82, 2.24) is 10.2 Å². The third-order valence-corrected chi connectivity index (χ3v) is 5.35. The Kier molecular flexibility index (Phi) is 5.98. The zero-order valence-corrected chi connectivity index (χ0v) is 15.3. The zero-order chi connectivity index (χ0) is 18.4. The van der Waals surface area contributed by atoms with Crippen molar-refractivity contribution in [2.24, 2.45) is 0 Å². The smallest absolute Gasteiger partial charge is 0.225 e. The number of aromatic nitrogens is 2. The van der Waals surface area contributed by atoms with Gasteiger partial charge in [0.05, 0.1) is 5.69 Å². The van der Waals surface area contributed by atoms with Gasteiger partial charge in [-0.3, -0.25) is 9.59 Å². The summed E-state index contributed by atoms with van der Waals surface area (Å²) < 4.78 is 0.731. The van der Waals surface area contributed by atoms with E-state index in [9.17, 15) is 9.59 Å². The predicted molar refractivity (Wildman–Crippen MR) is 105 cm³/mol. The van der Waals surface area contributed by atoms with Gasteiger partial charge in [0.1, 0.15) is 0 Å². The molecule has 1 aromatic heterocycles. The van der Waals surface area contributed by atoms with Crippen LogP contribution >= 0.6 is 23.1 Å². The molecule has 0 unspecified atom stereocenters. The number of carbonyl (C=O) groups is 2. The lowest BCUT2D eigenvalue weighted by atomic mass is 10.0. The molecule has 0 saturated carbocycles. The number of nitrogens with two attached hydrogens (primary N) is 1. The first-order valence-electron chi connectivity index (χ1n) is 7.84. The summed E-state index contributed by atoms with van der Waals surface area (Å²) in [6.45, 7) is 0. The number of rotatable bonds is 7.